The molecule has 0 atom stereocenters. The quantitative estimate of drug-likeness (QED) is 0.848. The molecular weight excluding hydrogens is 228 g/mol. The zero-order valence-corrected chi connectivity index (χ0v) is 11.0. The Labute approximate surface area is 107 Å². The third kappa shape index (κ3) is 3.37. The number of nitrogen functional groups attached to an aromatic ring is 1. The van der Waals surface area contributed by atoms with Crippen molar-refractivity contribution >= 4 is 5.82 Å². The molecule has 2 heterocycles. The van der Waals surface area contributed by atoms with E-state index in [1.54, 1.807) is 6.26 Å². The summed E-state index contributed by atoms with van der Waals surface area (Å²) >= 11 is 0. The molecule has 0 saturated carbocycles. The molecule has 18 heavy (non-hydrogen) atoms. The summed E-state index contributed by atoms with van der Waals surface area (Å²) in [6.07, 6.45) is 4.70. The number of aromatic nitrogens is 2. The molecule has 2 aromatic heterocycles. The number of aryl methyl sites for hydroxylation is 2. The van der Waals surface area contributed by atoms with E-state index in [1.165, 1.54) is 5.56 Å². The van der Waals surface area contributed by atoms with Gasteiger partial charge in [-0.2, -0.15) is 5.10 Å². The van der Waals surface area contributed by atoms with Crippen LogP contribution in [0.4, 0.5) is 5.82 Å². The maximum absolute atomic E-state index is 5.56. The summed E-state index contributed by atoms with van der Waals surface area (Å²) in [4.78, 5) is 2.28. The van der Waals surface area contributed by atoms with Crippen LogP contribution in [0.15, 0.2) is 29.0 Å². The molecule has 0 amide bonds. The minimum atomic E-state index is 0.581. The highest BCUT2D eigenvalue weighted by Gasteiger charge is 2.05. The molecule has 5 nitrogen and oxygen atoms in total. The normalized spacial score (nSPS) is 11.3. The Balaban J connectivity index is 1.72. The Morgan fingerprint density at radius 1 is 1.44 bits per heavy atom. The molecule has 5 heteroatoms. The average molecular weight is 248 g/mol. The van der Waals surface area contributed by atoms with Crippen LogP contribution in [-0.4, -0.2) is 28.3 Å². The van der Waals surface area contributed by atoms with Crippen LogP contribution in [0.1, 0.15) is 17.7 Å². The van der Waals surface area contributed by atoms with Gasteiger partial charge in [0.1, 0.15) is 11.6 Å². The Morgan fingerprint density at radius 3 is 2.89 bits per heavy atom. The Morgan fingerprint density at radius 2 is 2.28 bits per heavy atom. The molecule has 0 bridgehead atoms. The fraction of sp³-hybridized carbons (Fsp3) is 0.462. The topological polar surface area (TPSA) is 60.2 Å². The maximum atomic E-state index is 5.56. The average Bonchev–Trinajstić information content (AvgIpc) is 2.89. The monoisotopic (exact) mass is 248 g/mol. The van der Waals surface area contributed by atoms with Gasteiger partial charge >= 0.3 is 0 Å². The molecule has 0 aliphatic rings. The van der Waals surface area contributed by atoms with Crippen molar-refractivity contribution in [3.05, 3.63) is 35.9 Å². The highest BCUT2D eigenvalue weighted by atomic mass is 16.3. The smallest absolute Gasteiger partial charge is 0.145 e. The number of nitrogens with zero attached hydrogens (tertiary/aromatic N) is 3. The van der Waals surface area contributed by atoms with Crippen LogP contribution in [0.2, 0.25) is 0 Å². The lowest BCUT2D eigenvalue weighted by atomic mass is 10.2. The summed E-state index contributed by atoms with van der Waals surface area (Å²) < 4.78 is 7.17. The maximum Gasteiger partial charge on any atom is 0.145 e. The summed E-state index contributed by atoms with van der Waals surface area (Å²) in [6, 6.07) is 3.85. The minimum absolute atomic E-state index is 0.581. The molecule has 0 saturated heterocycles. The summed E-state index contributed by atoms with van der Waals surface area (Å²) in [5, 5.41) is 4.16. The van der Waals surface area contributed by atoms with Crippen LogP contribution in [0, 0.1) is 6.92 Å². The van der Waals surface area contributed by atoms with E-state index in [2.05, 4.69) is 17.0 Å². The molecule has 2 aromatic rings. The van der Waals surface area contributed by atoms with E-state index in [-0.39, 0.29) is 0 Å². The van der Waals surface area contributed by atoms with Crippen LogP contribution < -0.4 is 5.73 Å². The highest BCUT2D eigenvalue weighted by Crippen LogP contribution is 2.11. The highest BCUT2D eigenvalue weighted by molar-refractivity contribution is 5.23. The molecule has 0 spiro atoms. The third-order valence-corrected chi connectivity index (χ3v) is 2.99. The van der Waals surface area contributed by atoms with Gasteiger partial charge in [-0.25, -0.2) is 0 Å². The second-order valence-electron chi connectivity index (χ2n) is 4.60. The van der Waals surface area contributed by atoms with E-state index >= 15 is 0 Å². The first-order chi connectivity index (χ1) is 8.65. The van der Waals surface area contributed by atoms with E-state index in [1.807, 2.05) is 29.9 Å². The van der Waals surface area contributed by atoms with Crippen molar-refractivity contribution in [2.24, 2.45) is 0 Å². The predicted molar refractivity (Wildman–Crippen MR) is 71.0 cm³/mol. The molecular formula is C13H20N4O. The van der Waals surface area contributed by atoms with E-state index in [0.717, 1.165) is 31.8 Å². The summed E-state index contributed by atoms with van der Waals surface area (Å²) in [5.41, 5.74) is 6.82. The van der Waals surface area contributed by atoms with Gasteiger partial charge in [-0.15, -0.1) is 0 Å². The first kappa shape index (κ1) is 12.7. The van der Waals surface area contributed by atoms with Gasteiger partial charge in [0, 0.05) is 24.8 Å². The van der Waals surface area contributed by atoms with Crippen molar-refractivity contribution < 1.29 is 4.42 Å². The van der Waals surface area contributed by atoms with E-state index in [4.69, 9.17) is 10.2 Å². The Kier molecular flexibility index (Phi) is 4.04. The molecule has 0 radical (unpaired) electrons. The molecule has 0 aromatic carbocycles. The predicted octanol–water partition coefficient (Wildman–Crippen LogP) is 1.89. The zero-order chi connectivity index (χ0) is 13.0. The van der Waals surface area contributed by atoms with Crippen molar-refractivity contribution in [3.63, 3.8) is 0 Å². The largest absolute Gasteiger partial charge is 0.469 e. The first-order valence-electron chi connectivity index (χ1n) is 6.15. The van der Waals surface area contributed by atoms with Crippen LogP contribution in [-0.2, 0) is 13.1 Å². The zero-order valence-electron chi connectivity index (χ0n) is 11.0. The van der Waals surface area contributed by atoms with Crippen molar-refractivity contribution in [1.29, 1.82) is 0 Å². The van der Waals surface area contributed by atoms with Crippen LogP contribution in [0.3, 0.4) is 0 Å². The molecule has 2 N–H and O–H groups in total. The first-order valence-corrected chi connectivity index (χ1v) is 6.15. The molecule has 0 fully saturated rings. The molecule has 0 unspecified atom stereocenters. The van der Waals surface area contributed by atoms with Crippen LogP contribution >= 0.6 is 0 Å². The third-order valence-electron chi connectivity index (χ3n) is 2.99. The van der Waals surface area contributed by atoms with Crippen LogP contribution in [0.25, 0.3) is 0 Å². The summed E-state index contributed by atoms with van der Waals surface area (Å²) in [6.45, 7) is 4.83. The van der Waals surface area contributed by atoms with Crippen molar-refractivity contribution in [2.45, 2.75) is 26.4 Å². The second-order valence-corrected chi connectivity index (χ2v) is 4.60. The standard InChI is InChI=1S/C13H20N4O/c1-11-12(5-9-18-11)10-16(2)6-3-7-17-8-4-13(14)15-17/h4-5,8-9H,3,6-7,10H2,1-2H3,(H2,14,15). The van der Waals surface area contributed by atoms with Gasteiger partial charge in [0.15, 0.2) is 0 Å². The summed E-state index contributed by atoms with van der Waals surface area (Å²) in [5.74, 6) is 1.58. The minimum Gasteiger partial charge on any atom is -0.469 e. The second kappa shape index (κ2) is 5.73. The Hall–Kier alpha value is -1.75. The lowest BCUT2D eigenvalue weighted by Gasteiger charge is -2.15. The lowest BCUT2D eigenvalue weighted by Crippen LogP contribution is -2.20. The van der Waals surface area contributed by atoms with Gasteiger partial charge in [-0.3, -0.25) is 4.68 Å². The van der Waals surface area contributed by atoms with Gasteiger partial charge < -0.3 is 15.1 Å². The number of hydrogen-bond acceptors (Lipinski definition) is 4. The summed E-state index contributed by atoms with van der Waals surface area (Å²) in [7, 11) is 2.11. The lowest BCUT2D eigenvalue weighted by molar-refractivity contribution is 0.309. The fourth-order valence-electron chi connectivity index (χ4n) is 1.95. The number of rotatable bonds is 6. The number of furan rings is 1. The van der Waals surface area contributed by atoms with E-state index in [0.29, 0.717) is 5.82 Å². The Bertz CT molecular complexity index is 489. The molecule has 2 rings (SSSR count). The van der Waals surface area contributed by atoms with Crippen molar-refractivity contribution in [3.8, 4) is 0 Å². The molecule has 0 aliphatic carbocycles. The fourth-order valence-corrected chi connectivity index (χ4v) is 1.95. The number of hydrogen-bond donors (Lipinski definition) is 1. The van der Waals surface area contributed by atoms with Crippen molar-refractivity contribution in [1.82, 2.24) is 14.7 Å². The number of nitrogens with two attached hydrogens (primary N) is 1. The van der Waals surface area contributed by atoms with Crippen molar-refractivity contribution in [2.75, 3.05) is 19.3 Å². The van der Waals surface area contributed by atoms with E-state index in [9.17, 15) is 0 Å². The van der Waals surface area contributed by atoms with E-state index < -0.39 is 0 Å². The molecule has 0 aliphatic heterocycles. The molecule has 98 valence electrons. The van der Waals surface area contributed by atoms with Gasteiger partial charge in [0.2, 0.25) is 0 Å². The number of anilines is 1. The van der Waals surface area contributed by atoms with Gasteiger partial charge in [0.25, 0.3) is 0 Å². The van der Waals surface area contributed by atoms with Gasteiger partial charge in [0.05, 0.1) is 6.26 Å². The van der Waals surface area contributed by atoms with Gasteiger partial charge in [-0.05, 0) is 39.1 Å². The SMILES string of the molecule is Cc1occc1CN(C)CCCn1ccc(N)n1. The van der Waals surface area contributed by atoms with Crippen LogP contribution in [0.5, 0.6) is 0 Å². The van der Waals surface area contributed by atoms with Gasteiger partial charge in [-0.1, -0.05) is 0 Å².